The Hall–Kier alpha value is -0.0400. The molecule has 2 aliphatic rings. The highest BCUT2D eigenvalue weighted by atomic mass is 16.5. The van der Waals surface area contributed by atoms with E-state index in [9.17, 15) is 0 Å². The van der Waals surface area contributed by atoms with Crippen molar-refractivity contribution >= 4 is 0 Å². The van der Waals surface area contributed by atoms with Gasteiger partial charge >= 0.3 is 0 Å². The van der Waals surface area contributed by atoms with Crippen molar-refractivity contribution < 1.29 is 4.74 Å². The summed E-state index contributed by atoms with van der Waals surface area (Å²) < 4.78 is 6.08. The largest absolute Gasteiger partial charge is 0.378 e. The summed E-state index contributed by atoms with van der Waals surface area (Å²) in [5.74, 6) is 3.11. The number of methoxy groups -OCH3 is 1. The van der Waals surface area contributed by atoms with E-state index in [0.717, 1.165) is 17.8 Å². The van der Waals surface area contributed by atoms with Crippen molar-refractivity contribution in [2.24, 2.45) is 17.8 Å². The fourth-order valence-electron chi connectivity index (χ4n) is 6.05. The molecule has 1 nitrogen and oxygen atoms in total. The fourth-order valence-corrected chi connectivity index (χ4v) is 6.05. The van der Waals surface area contributed by atoms with Gasteiger partial charge < -0.3 is 4.74 Å². The smallest absolute Gasteiger partial charge is 0.0679 e. The monoisotopic (exact) mass is 378 g/mol. The molecule has 0 aromatic heterocycles. The second kappa shape index (κ2) is 13.2. The molecule has 0 heterocycles. The van der Waals surface area contributed by atoms with Crippen molar-refractivity contribution in [3.63, 3.8) is 0 Å². The lowest BCUT2D eigenvalue weighted by molar-refractivity contribution is -0.0639. The third-order valence-corrected chi connectivity index (χ3v) is 8.13. The predicted octanol–water partition coefficient (Wildman–Crippen LogP) is 8.70. The average molecular weight is 379 g/mol. The quantitative estimate of drug-likeness (QED) is 0.291. The van der Waals surface area contributed by atoms with Crippen LogP contribution < -0.4 is 0 Å². The Kier molecular flexibility index (Phi) is 11.4. The zero-order chi connectivity index (χ0) is 19.4. The minimum Gasteiger partial charge on any atom is -0.378 e. The van der Waals surface area contributed by atoms with Gasteiger partial charge in [-0.3, -0.25) is 0 Å². The van der Waals surface area contributed by atoms with Crippen LogP contribution in [-0.2, 0) is 4.74 Å². The molecule has 0 aliphatic heterocycles. The number of hydrogen-bond acceptors (Lipinski definition) is 1. The molecule has 0 unspecified atom stereocenters. The topological polar surface area (TPSA) is 9.23 Å². The van der Waals surface area contributed by atoms with E-state index < -0.39 is 0 Å². The van der Waals surface area contributed by atoms with Crippen LogP contribution in [0.5, 0.6) is 0 Å². The van der Waals surface area contributed by atoms with Gasteiger partial charge in [0.15, 0.2) is 0 Å². The summed E-state index contributed by atoms with van der Waals surface area (Å²) in [6.07, 6.45) is 27.2. The lowest BCUT2D eigenvalue weighted by atomic mass is 9.67. The van der Waals surface area contributed by atoms with E-state index in [1.165, 1.54) is 122 Å². The van der Waals surface area contributed by atoms with Gasteiger partial charge in [0.25, 0.3) is 0 Å². The number of ether oxygens (including phenoxy) is 1. The highest BCUT2D eigenvalue weighted by Crippen LogP contribution is 2.45. The highest BCUT2D eigenvalue weighted by Gasteiger charge is 2.38. The van der Waals surface area contributed by atoms with Crippen LogP contribution in [0.4, 0.5) is 0 Å². The van der Waals surface area contributed by atoms with Crippen LogP contribution in [0.25, 0.3) is 0 Å². The molecule has 0 bridgehead atoms. The van der Waals surface area contributed by atoms with Crippen LogP contribution in [0.3, 0.4) is 0 Å². The van der Waals surface area contributed by atoms with Crippen LogP contribution in [0.1, 0.15) is 136 Å². The Labute approximate surface area is 171 Å². The zero-order valence-electron chi connectivity index (χ0n) is 19.1. The van der Waals surface area contributed by atoms with Crippen LogP contribution in [0.15, 0.2) is 0 Å². The molecule has 2 saturated carbocycles. The second-order valence-corrected chi connectivity index (χ2v) is 10.0. The first-order valence-electron chi connectivity index (χ1n) is 12.8. The molecule has 2 rings (SSSR count). The van der Waals surface area contributed by atoms with Gasteiger partial charge in [-0.05, 0) is 62.7 Å². The van der Waals surface area contributed by atoms with E-state index >= 15 is 0 Å². The lowest BCUT2D eigenvalue weighted by Crippen LogP contribution is -2.38. The van der Waals surface area contributed by atoms with Crippen molar-refractivity contribution in [3.05, 3.63) is 0 Å². The molecule has 27 heavy (non-hydrogen) atoms. The maximum atomic E-state index is 6.08. The van der Waals surface area contributed by atoms with Crippen LogP contribution in [0, 0.1) is 17.8 Å². The molecule has 0 N–H and O–H groups in total. The molecule has 0 aromatic rings. The van der Waals surface area contributed by atoms with E-state index in [0.29, 0.717) is 0 Å². The van der Waals surface area contributed by atoms with Crippen molar-refractivity contribution in [3.8, 4) is 0 Å². The van der Waals surface area contributed by atoms with E-state index in [1.807, 2.05) is 7.11 Å². The molecule has 0 spiro atoms. The minimum atomic E-state index is 0.236. The van der Waals surface area contributed by atoms with Gasteiger partial charge in [0.05, 0.1) is 5.60 Å². The van der Waals surface area contributed by atoms with Crippen molar-refractivity contribution in [2.45, 2.75) is 141 Å². The van der Waals surface area contributed by atoms with E-state index in [4.69, 9.17) is 4.74 Å². The minimum absolute atomic E-state index is 0.236. The van der Waals surface area contributed by atoms with E-state index in [2.05, 4.69) is 13.8 Å². The second-order valence-electron chi connectivity index (χ2n) is 10.0. The first-order chi connectivity index (χ1) is 13.2. The van der Waals surface area contributed by atoms with Crippen molar-refractivity contribution in [1.82, 2.24) is 0 Å². The summed E-state index contributed by atoms with van der Waals surface area (Å²) in [7, 11) is 1.98. The summed E-state index contributed by atoms with van der Waals surface area (Å²) >= 11 is 0. The Balaban J connectivity index is 1.62. The Bertz CT molecular complexity index is 347. The summed E-state index contributed by atoms with van der Waals surface area (Å²) in [5, 5.41) is 0. The van der Waals surface area contributed by atoms with Crippen molar-refractivity contribution in [1.29, 1.82) is 0 Å². The number of hydrogen-bond donors (Lipinski definition) is 0. The van der Waals surface area contributed by atoms with E-state index in [-0.39, 0.29) is 5.60 Å². The predicted molar refractivity (Wildman–Crippen MR) is 119 cm³/mol. The zero-order valence-corrected chi connectivity index (χ0v) is 19.1. The van der Waals surface area contributed by atoms with Gasteiger partial charge in [0, 0.05) is 7.11 Å². The molecule has 0 saturated heterocycles. The maximum Gasteiger partial charge on any atom is 0.0679 e. The van der Waals surface area contributed by atoms with Gasteiger partial charge in [-0.2, -0.15) is 0 Å². The Morgan fingerprint density at radius 1 is 0.667 bits per heavy atom. The third kappa shape index (κ3) is 8.08. The first-order valence-corrected chi connectivity index (χ1v) is 12.8. The maximum absolute atomic E-state index is 6.08. The molecule has 0 radical (unpaired) electrons. The normalized spacial score (nSPS) is 31.9. The number of rotatable bonds is 13. The molecule has 0 amide bonds. The third-order valence-electron chi connectivity index (χ3n) is 8.13. The summed E-state index contributed by atoms with van der Waals surface area (Å²) in [6.45, 7) is 4.62. The SMILES string of the molecule is CCCCCCCC1CCC([C@H]2CC[C@@](CCCCCC)(OC)CC2)CC1. The van der Waals surface area contributed by atoms with Gasteiger partial charge in [-0.1, -0.05) is 90.9 Å². The van der Waals surface area contributed by atoms with Gasteiger partial charge in [0.2, 0.25) is 0 Å². The number of unbranched alkanes of at least 4 members (excludes halogenated alkanes) is 7. The average Bonchev–Trinajstić information content (AvgIpc) is 2.72. The van der Waals surface area contributed by atoms with E-state index in [1.54, 1.807) is 0 Å². The van der Waals surface area contributed by atoms with Crippen LogP contribution in [-0.4, -0.2) is 12.7 Å². The van der Waals surface area contributed by atoms with Gasteiger partial charge in [-0.15, -0.1) is 0 Å². The molecule has 2 fully saturated rings. The molecular formula is C26H50O. The Morgan fingerprint density at radius 2 is 1.22 bits per heavy atom. The standard InChI is InChI=1S/C26H50O/c1-4-6-8-10-11-13-23-14-16-24(17-15-23)25-18-21-26(27-3,22-19-25)20-12-9-7-5-2/h23-25H,4-22H2,1-3H3/t23?,24?,25-,26+. The Morgan fingerprint density at radius 3 is 1.81 bits per heavy atom. The summed E-state index contributed by atoms with van der Waals surface area (Å²) in [6, 6.07) is 0. The van der Waals surface area contributed by atoms with Gasteiger partial charge in [0.1, 0.15) is 0 Å². The fraction of sp³-hybridized carbons (Fsp3) is 1.00. The van der Waals surface area contributed by atoms with Gasteiger partial charge in [-0.25, -0.2) is 0 Å². The van der Waals surface area contributed by atoms with Crippen LogP contribution in [0.2, 0.25) is 0 Å². The summed E-state index contributed by atoms with van der Waals surface area (Å²) in [5.41, 5.74) is 0.236. The van der Waals surface area contributed by atoms with Crippen molar-refractivity contribution in [2.75, 3.05) is 7.11 Å². The molecule has 2 aliphatic carbocycles. The lowest BCUT2D eigenvalue weighted by Gasteiger charge is -2.43. The molecular weight excluding hydrogens is 328 g/mol. The molecule has 1 heteroatoms. The first kappa shape index (κ1) is 23.2. The molecule has 0 atom stereocenters. The van der Waals surface area contributed by atoms with Crippen LogP contribution >= 0.6 is 0 Å². The summed E-state index contributed by atoms with van der Waals surface area (Å²) in [4.78, 5) is 0. The molecule has 0 aromatic carbocycles. The molecule has 160 valence electrons. The highest BCUT2D eigenvalue weighted by molar-refractivity contribution is 4.90.